The molecule has 2 N–H and O–H groups in total. The van der Waals surface area contributed by atoms with E-state index in [0.29, 0.717) is 0 Å². The van der Waals surface area contributed by atoms with Gasteiger partial charge in [-0.15, -0.1) is 0 Å². The molecule has 0 unspecified atom stereocenters. The van der Waals surface area contributed by atoms with Gasteiger partial charge in [-0.3, -0.25) is 0 Å². The molecule has 8 bridgehead atoms. The van der Waals surface area contributed by atoms with Crippen molar-refractivity contribution >= 4 is 44.4 Å². The molecule has 4 heteroatoms. The van der Waals surface area contributed by atoms with E-state index in [4.69, 9.17) is 9.97 Å². The normalized spacial score (nSPS) is 13.9. The molecular formula is C28H30N4. The van der Waals surface area contributed by atoms with E-state index < -0.39 is 0 Å². The lowest BCUT2D eigenvalue weighted by Gasteiger charge is -1.99. The second kappa shape index (κ2) is 7.94. The summed E-state index contributed by atoms with van der Waals surface area (Å²) in [6.07, 6.45) is 2.88. The maximum Gasteiger partial charge on any atom is 0.0693 e. The van der Waals surface area contributed by atoms with Crippen LogP contribution in [-0.2, 0) is 6.42 Å². The number of nitrogens with one attached hydrogen (secondary N) is 2. The average molecular weight is 423 g/mol. The molecule has 0 spiro atoms. The highest BCUT2D eigenvalue weighted by atomic mass is 14.8. The minimum Gasteiger partial charge on any atom is -0.355 e. The van der Waals surface area contributed by atoms with Crippen LogP contribution in [-0.4, -0.2) is 19.9 Å². The van der Waals surface area contributed by atoms with Crippen molar-refractivity contribution in [2.45, 2.75) is 53.9 Å². The van der Waals surface area contributed by atoms with Gasteiger partial charge >= 0.3 is 0 Å². The van der Waals surface area contributed by atoms with Crippen molar-refractivity contribution in [2.75, 3.05) is 0 Å². The fourth-order valence-corrected chi connectivity index (χ4v) is 4.88. The molecule has 0 amide bonds. The summed E-state index contributed by atoms with van der Waals surface area (Å²) < 4.78 is 0. The summed E-state index contributed by atoms with van der Waals surface area (Å²) in [6, 6.07) is 15.2. The number of H-pyrrole nitrogens is 2. The van der Waals surface area contributed by atoms with Crippen LogP contribution in [0.5, 0.6) is 0 Å². The first-order valence-corrected chi connectivity index (χ1v) is 11.6. The summed E-state index contributed by atoms with van der Waals surface area (Å²) in [6.45, 7) is 11.0. The van der Waals surface area contributed by atoms with Gasteiger partial charge in [0.1, 0.15) is 0 Å². The van der Waals surface area contributed by atoms with Gasteiger partial charge < -0.3 is 9.97 Å². The van der Waals surface area contributed by atoms with Gasteiger partial charge in [0.25, 0.3) is 0 Å². The first kappa shape index (κ1) is 20.5. The van der Waals surface area contributed by atoms with Gasteiger partial charge in [0.15, 0.2) is 0 Å². The third-order valence-corrected chi connectivity index (χ3v) is 6.71. The molecule has 2 aliphatic heterocycles. The topological polar surface area (TPSA) is 57.4 Å². The van der Waals surface area contributed by atoms with Gasteiger partial charge in [-0.2, -0.15) is 0 Å². The van der Waals surface area contributed by atoms with Crippen LogP contribution in [0.2, 0.25) is 0 Å². The monoisotopic (exact) mass is 422 g/mol. The molecule has 0 saturated heterocycles. The molecule has 32 heavy (non-hydrogen) atoms. The van der Waals surface area contributed by atoms with Gasteiger partial charge in [-0.05, 0) is 103 Å². The molecule has 3 aromatic heterocycles. The number of aryl methyl sites for hydroxylation is 1. The van der Waals surface area contributed by atoms with Gasteiger partial charge in [0.2, 0.25) is 0 Å². The Morgan fingerprint density at radius 1 is 0.594 bits per heavy atom. The van der Waals surface area contributed by atoms with Crippen molar-refractivity contribution in [3.05, 3.63) is 70.8 Å². The number of fused-ring (bicyclic) bond motifs is 8. The lowest BCUT2D eigenvalue weighted by Crippen LogP contribution is -1.80. The lowest BCUT2D eigenvalue weighted by molar-refractivity contribution is 1.16. The van der Waals surface area contributed by atoms with Gasteiger partial charge in [-0.1, -0.05) is 20.8 Å². The van der Waals surface area contributed by atoms with Gasteiger partial charge in [0.05, 0.1) is 22.8 Å². The van der Waals surface area contributed by atoms with Crippen LogP contribution in [0.15, 0.2) is 42.5 Å². The second-order valence-corrected chi connectivity index (χ2v) is 8.64. The van der Waals surface area contributed by atoms with E-state index in [1.165, 1.54) is 27.9 Å². The van der Waals surface area contributed by atoms with Crippen LogP contribution < -0.4 is 0 Å². The molecule has 0 saturated carbocycles. The maximum atomic E-state index is 5.02. The average Bonchev–Trinajstić information content (AvgIpc) is 3.51. The highest BCUT2D eigenvalue weighted by Crippen LogP contribution is 2.34. The summed E-state index contributed by atoms with van der Waals surface area (Å²) in [4.78, 5) is 17.2. The molecule has 0 aliphatic carbocycles. The summed E-state index contributed by atoms with van der Waals surface area (Å²) in [5.74, 6) is 0. The smallest absolute Gasteiger partial charge is 0.0693 e. The molecule has 3 aromatic rings. The summed E-state index contributed by atoms with van der Waals surface area (Å²) in [7, 11) is 0. The van der Waals surface area contributed by atoms with E-state index in [2.05, 4.69) is 87.1 Å². The molecule has 0 atom stereocenters. The van der Waals surface area contributed by atoms with Crippen LogP contribution in [0.25, 0.3) is 44.4 Å². The Morgan fingerprint density at radius 2 is 1.12 bits per heavy atom. The number of hydrogen-bond acceptors (Lipinski definition) is 2. The zero-order chi connectivity index (χ0) is 22.4. The van der Waals surface area contributed by atoms with Crippen LogP contribution in [0.1, 0.15) is 75.8 Å². The number of nitrogens with zero attached hydrogens (tertiary/aromatic N) is 2. The fraction of sp³-hybridized carbons (Fsp3) is 0.286. The molecule has 0 fully saturated rings. The standard InChI is InChI=1S/C28H30N4/c1-6-18-11-21-14-24-16(4)22(7-2)27(31-24)12-19-9-10-20(29-19)13-28-23(8-3)17(5)25(32-28)15-26(18)30-21/h9-15,29-30H,6-8H2,1-5H3. The second-order valence-electron chi connectivity index (χ2n) is 8.64. The van der Waals surface area contributed by atoms with Crippen LogP contribution in [0, 0.1) is 0 Å². The highest BCUT2D eigenvalue weighted by molar-refractivity contribution is 5.94. The number of aromatic nitrogens is 4. The van der Waals surface area contributed by atoms with Crippen molar-refractivity contribution in [3.63, 3.8) is 0 Å². The highest BCUT2D eigenvalue weighted by Gasteiger charge is 2.17. The Balaban J connectivity index is 1.91. The maximum absolute atomic E-state index is 5.02. The van der Waals surface area contributed by atoms with Crippen molar-refractivity contribution in [1.82, 2.24) is 19.9 Å². The third-order valence-electron chi connectivity index (χ3n) is 6.71. The SMILES string of the molecule is CCC1=C(C)c2cc3cc(CC)c(cc4nc(cc5ccc(cc1n2)[nH]5)C(CC)=C4C)[nH]3. The Bertz CT molecular complexity index is 1440. The van der Waals surface area contributed by atoms with Crippen molar-refractivity contribution < 1.29 is 0 Å². The number of allylic oxidation sites excluding steroid dienone is 4. The predicted molar refractivity (Wildman–Crippen MR) is 136 cm³/mol. The van der Waals surface area contributed by atoms with Crippen LogP contribution >= 0.6 is 0 Å². The molecule has 0 aromatic carbocycles. The lowest BCUT2D eigenvalue weighted by atomic mass is 10.0. The van der Waals surface area contributed by atoms with Gasteiger partial charge in [-0.25, -0.2) is 9.97 Å². The van der Waals surface area contributed by atoms with Crippen molar-refractivity contribution in [1.29, 1.82) is 0 Å². The summed E-state index contributed by atoms with van der Waals surface area (Å²) >= 11 is 0. The van der Waals surface area contributed by atoms with E-state index in [1.54, 1.807) is 0 Å². The largest absolute Gasteiger partial charge is 0.355 e. The van der Waals surface area contributed by atoms with Crippen LogP contribution in [0.3, 0.4) is 0 Å². The molecular weight excluding hydrogens is 392 g/mol. The quantitative estimate of drug-likeness (QED) is 0.457. The van der Waals surface area contributed by atoms with E-state index >= 15 is 0 Å². The third kappa shape index (κ3) is 3.40. The molecule has 162 valence electrons. The number of hydrogen-bond donors (Lipinski definition) is 2. The summed E-state index contributed by atoms with van der Waals surface area (Å²) in [5, 5.41) is 0. The van der Waals surface area contributed by atoms with Gasteiger partial charge in [0, 0.05) is 22.1 Å². The number of aromatic amines is 2. The van der Waals surface area contributed by atoms with Crippen LogP contribution in [0.4, 0.5) is 0 Å². The van der Waals surface area contributed by atoms with E-state index in [-0.39, 0.29) is 0 Å². The fourth-order valence-electron chi connectivity index (χ4n) is 4.88. The Morgan fingerprint density at radius 3 is 1.66 bits per heavy atom. The Kier molecular flexibility index (Phi) is 5.09. The first-order valence-electron chi connectivity index (χ1n) is 11.6. The molecule has 0 radical (unpaired) electrons. The molecule has 5 heterocycles. The molecule has 5 rings (SSSR count). The summed E-state index contributed by atoms with van der Waals surface area (Å²) in [5.41, 5.74) is 14.9. The van der Waals surface area contributed by atoms with E-state index in [9.17, 15) is 0 Å². The van der Waals surface area contributed by atoms with E-state index in [0.717, 1.165) is 64.1 Å². The van der Waals surface area contributed by atoms with Crippen molar-refractivity contribution in [3.8, 4) is 0 Å². The Hall–Kier alpha value is -3.40. The molecule has 4 nitrogen and oxygen atoms in total. The number of rotatable bonds is 3. The first-order chi connectivity index (χ1) is 15.5. The Labute approximate surface area is 189 Å². The minimum absolute atomic E-state index is 0.960. The minimum atomic E-state index is 0.960. The predicted octanol–water partition coefficient (Wildman–Crippen LogP) is 7.56. The molecule has 2 aliphatic rings. The van der Waals surface area contributed by atoms with Crippen molar-refractivity contribution in [2.24, 2.45) is 0 Å². The zero-order valence-electron chi connectivity index (χ0n) is 19.6. The zero-order valence-corrected chi connectivity index (χ0v) is 19.6. The van der Waals surface area contributed by atoms with E-state index in [1.807, 2.05) is 0 Å².